The number of morpholine rings is 1. The smallest absolute Gasteiger partial charge is 0.226 e. The van der Waals surface area contributed by atoms with Crippen molar-refractivity contribution in [1.82, 2.24) is 19.6 Å². The molecule has 3 heterocycles. The van der Waals surface area contributed by atoms with Crippen LogP contribution in [0.5, 0.6) is 0 Å². The summed E-state index contributed by atoms with van der Waals surface area (Å²) in [6, 6.07) is 0. The molecule has 0 aromatic carbocycles. The molecule has 2 atom stereocenters. The summed E-state index contributed by atoms with van der Waals surface area (Å²) in [4.78, 5) is 17.6. The Hall–Kier alpha value is -1.40. The van der Waals surface area contributed by atoms with E-state index in [9.17, 15) is 4.79 Å². The van der Waals surface area contributed by atoms with Crippen LogP contribution < -0.4 is 0 Å². The van der Waals surface area contributed by atoms with Gasteiger partial charge in [0.2, 0.25) is 5.91 Å². The van der Waals surface area contributed by atoms with Crippen LogP contribution in [-0.2, 0) is 23.1 Å². The van der Waals surface area contributed by atoms with Crippen LogP contribution >= 0.6 is 0 Å². The van der Waals surface area contributed by atoms with E-state index in [0.717, 1.165) is 45.6 Å². The first-order chi connectivity index (χ1) is 11.7. The van der Waals surface area contributed by atoms with Gasteiger partial charge in [0.15, 0.2) is 0 Å². The zero-order valence-electron chi connectivity index (χ0n) is 14.6. The second kappa shape index (κ2) is 6.48. The number of hydrogen-bond acceptors (Lipinski definition) is 4. The topological polar surface area (TPSA) is 50.6 Å². The van der Waals surface area contributed by atoms with E-state index >= 15 is 0 Å². The van der Waals surface area contributed by atoms with Crippen LogP contribution in [0, 0.1) is 11.3 Å². The zero-order chi connectivity index (χ0) is 16.6. The fourth-order valence-electron chi connectivity index (χ4n) is 4.95. The predicted molar refractivity (Wildman–Crippen MR) is 90.3 cm³/mol. The van der Waals surface area contributed by atoms with Gasteiger partial charge in [-0.15, -0.1) is 0 Å². The summed E-state index contributed by atoms with van der Waals surface area (Å²) in [5, 5.41) is 4.27. The van der Waals surface area contributed by atoms with Crippen molar-refractivity contribution in [3.05, 3.63) is 18.0 Å². The standard InChI is InChI=1S/C18H28N4O2/c1-20-12-15(11-19-20)13-21-6-5-18(14-21)4-2-3-16(18)17(23)22-7-9-24-10-8-22/h11-12,16H,2-10,13-14H2,1H3/t16-,18+/m0/s1. The number of hydrogen-bond donors (Lipinski definition) is 0. The van der Waals surface area contributed by atoms with Crippen molar-refractivity contribution < 1.29 is 9.53 Å². The summed E-state index contributed by atoms with van der Waals surface area (Å²) in [6.45, 7) is 6.03. The molecule has 24 heavy (non-hydrogen) atoms. The number of carbonyl (C=O) groups is 1. The highest BCUT2D eigenvalue weighted by Gasteiger charge is 2.51. The Morgan fingerprint density at radius 3 is 2.92 bits per heavy atom. The van der Waals surface area contributed by atoms with E-state index < -0.39 is 0 Å². The van der Waals surface area contributed by atoms with E-state index in [-0.39, 0.29) is 11.3 Å². The first-order valence-electron chi connectivity index (χ1n) is 9.23. The van der Waals surface area contributed by atoms with Crippen LogP contribution in [0.3, 0.4) is 0 Å². The fraction of sp³-hybridized carbons (Fsp3) is 0.778. The molecule has 1 spiro atoms. The molecule has 2 aliphatic heterocycles. The van der Waals surface area contributed by atoms with Crippen molar-refractivity contribution in [3.63, 3.8) is 0 Å². The molecule has 6 heteroatoms. The molecule has 0 radical (unpaired) electrons. The number of aromatic nitrogens is 2. The normalized spacial score (nSPS) is 31.2. The van der Waals surface area contributed by atoms with Gasteiger partial charge < -0.3 is 9.64 Å². The highest BCUT2D eigenvalue weighted by atomic mass is 16.5. The van der Waals surface area contributed by atoms with Gasteiger partial charge in [-0.3, -0.25) is 14.4 Å². The van der Waals surface area contributed by atoms with Crippen molar-refractivity contribution in [1.29, 1.82) is 0 Å². The van der Waals surface area contributed by atoms with Gasteiger partial charge in [-0.1, -0.05) is 6.42 Å². The van der Waals surface area contributed by atoms with Crippen LogP contribution in [-0.4, -0.2) is 64.9 Å². The minimum absolute atomic E-state index is 0.206. The number of carbonyl (C=O) groups excluding carboxylic acids is 1. The third-order valence-electron chi connectivity index (χ3n) is 6.16. The van der Waals surface area contributed by atoms with Gasteiger partial charge in [0, 0.05) is 50.9 Å². The van der Waals surface area contributed by atoms with Crippen LogP contribution in [0.1, 0.15) is 31.2 Å². The third-order valence-corrected chi connectivity index (χ3v) is 6.16. The third kappa shape index (κ3) is 2.97. The predicted octanol–water partition coefficient (Wildman–Crippen LogP) is 1.27. The fourth-order valence-corrected chi connectivity index (χ4v) is 4.95. The molecule has 0 N–H and O–H groups in total. The number of rotatable bonds is 3. The molecule has 4 rings (SSSR count). The molecule has 132 valence electrons. The minimum Gasteiger partial charge on any atom is -0.378 e. The lowest BCUT2D eigenvalue weighted by molar-refractivity contribution is -0.143. The molecule has 1 saturated carbocycles. The van der Waals surface area contributed by atoms with E-state index in [2.05, 4.69) is 16.2 Å². The van der Waals surface area contributed by atoms with Gasteiger partial charge in [-0.25, -0.2) is 0 Å². The maximum Gasteiger partial charge on any atom is 0.226 e. The molecule has 0 bridgehead atoms. The molecular formula is C18H28N4O2. The van der Waals surface area contributed by atoms with Crippen molar-refractivity contribution >= 4 is 5.91 Å². The highest BCUT2D eigenvalue weighted by Crippen LogP contribution is 2.50. The van der Waals surface area contributed by atoms with Gasteiger partial charge in [0.05, 0.1) is 19.4 Å². The second-order valence-corrected chi connectivity index (χ2v) is 7.73. The Balaban J connectivity index is 1.43. The van der Waals surface area contributed by atoms with Crippen LogP contribution in [0.4, 0.5) is 0 Å². The number of amides is 1. The zero-order valence-corrected chi connectivity index (χ0v) is 14.6. The quantitative estimate of drug-likeness (QED) is 0.836. The van der Waals surface area contributed by atoms with E-state index in [1.54, 1.807) is 0 Å². The summed E-state index contributed by atoms with van der Waals surface area (Å²) >= 11 is 0. The van der Waals surface area contributed by atoms with Gasteiger partial charge in [0.1, 0.15) is 0 Å². The van der Waals surface area contributed by atoms with Crippen LogP contribution in [0.2, 0.25) is 0 Å². The molecule has 1 aromatic heterocycles. The molecule has 1 amide bonds. The molecule has 3 aliphatic rings. The Labute approximate surface area is 143 Å². The maximum atomic E-state index is 13.1. The molecule has 3 fully saturated rings. The lowest BCUT2D eigenvalue weighted by atomic mass is 9.76. The molecule has 1 aromatic rings. The molecule has 0 unspecified atom stereocenters. The number of nitrogens with zero attached hydrogens (tertiary/aromatic N) is 4. The highest BCUT2D eigenvalue weighted by molar-refractivity contribution is 5.80. The van der Waals surface area contributed by atoms with Crippen molar-refractivity contribution in [2.45, 2.75) is 32.2 Å². The lowest BCUT2D eigenvalue weighted by Crippen LogP contribution is -2.47. The summed E-state index contributed by atoms with van der Waals surface area (Å²) in [7, 11) is 1.96. The Bertz CT molecular complexity index is 596. The summed E-state index contributed by atoms with van der Waals surface area (Å²) < 4.78 is 7.27. The Morgan fingerprint density at radius 1 is 1.33 bits per heavy atom. The minimum atomic E-state index is 0.206. The van der Waals surface area contributed by atoms with Gasteiger partial charge in [-0.2, -0.15) is 5.10 Å². The van der Waals surface area contributed by atoms with Crippen molar-refractivity contribution in [3.8, 4) is 0 Å². The van der Waals surface area contributed by atoms with E-state index in [0.29, 0.717) is 19.1 Å². The molecule has 6 nitrogen and oxygen atoms in total. The summed E-state index contributed by atoms with van der Waals surface area (Å²) in [5.74, 6) is 0.605. The van der Waals surface area contributed by atoms with Crippen LogP contribution in [0.25, 0.3) is 0 Å². The second-order valence-electron chi connectivity index (χ2n) is 7.73. The van der Waals surface area contributed by atoms with Gasteiger partial charge in [0.25, 0.3) is 0 Å². The summed E-state index contributed by atoms with van der Waals surface area (Å²) in [6.07, 6.45) is 8.68. The molecule has 2 saturated heterocycles. The lowest BCUT2D eigenvalue weighted by Gasteiger charge is -2.36. The molecule has 1 aliphatic carbocycles. The number of aryl methyl sites for hydroxylation is 1. The van der Waals surface area contributed by atoms with Crippen molar-refractivity contribution in [2.75, 3.05) is 39.4 Å². The van der Waals surface area contributed by atoms with Crippen molar-refractivity contribution in [2.24, 2.45) is 18.4 Å². The van der Waals surface area contributed by atoms with E-state index in [4.69, 9.17) is 4.74 Å². The average Bonchev–Trinajstić information content (AvgIpc) is 3.30. The number of ether oxygens (including phenoxy) is 1. The molecular weight excluding hydrogens is 304 g/mol. The largest absolute Gasteiger partial charge is 0.378 e. The van der Waals surface area contributed by atoms with Gasteiger partial charge >= 0.3 is 0 Å². The van der Waals surface area contributed by atoms with Gasteiger partial charge in [-0.05, 0) is 31.2 Å². The first-order valence-corrected chi connectivity index (χ1v) is 9.23. The SMILES string of the molecule is Cn1cc(CN2CC[C@]3(CCC[C@H]3C(=O)N3CCOCC3)C2)cn1. The first kappa shape index (κ1) is 16.1. The maximum absolute atomic E-state index is 13.1. The Kier molecular flexibility index (Phi) is 4.35. The van der Waals surface area contributed by atoms with E-state index in [1.165, 1.54) is 18.4 Å². The van der Waals surface area contributed by atoms with Crippen LogP contribution in [0.15, 0.2) is 12.4 Å². The average molecular weight is 332 g/mol. The monoisotopic (exact) mass is 332 g/mol. The number of likely N-dealkylation sites (tertiary alicyclic amines) is 1. The van der Waals surface area contributed by atoms with E-state index in [1.807, 2.05) is 22.8 Å². The Morgan fingerprint density at radius 2 is 2.17 bits per heavy atom. The summed E-state index contributed by atoms with van der Waals surface area (Å²) in [5.41, 5.74) is 1.47.